The minimum absolute atomic E-state index is 0.0510. The van der Waals surface area contributed by atoms with Crippen molar-refractivity contribution >= 4 is 17.5 Å². The number of nitrogens with zero attached hydrogens (tertiary/aromatic N) is 1. The van der Waals surface area contributed by atoms with Crippen LogP contribution in [0.2, 0.25) is 0 Å². The van der Waals surface area contributed by atoms with Gasteiger partial charge in [-0.15, -0.1) is 0 Å². The van der Waals surface area contributed by atoms with Gasteiger partial charge in [0.2, 0.25) is 5.78 Å². The molecule has 7 heteroatoms. The molecule has 0 unspecified atom stereocenters. The normalized spacial score (nSPS) is 12.6. The summed E-state index contributed by atoms with van der Waals surface area (Å²) < 4.78 is 20.9. The Balaban J connectivity index is 1.57. The first kappa shape index (κ1) is 17.9. The Kier molecular flexibility index (Phi) is 4.43. The molecule has 1 N–H and O–H groups in total. The summed E-state index contributed by atoms with van der Waals surface area (Å²) in [6.07, 6.45) is 4.57. The molecule has 28 heavy (non-hydrogen) atoms. The Labute approximate surface area is 160 Å². The lowest BCUT2D eigenvalue weighted by Crippen LogP contribution is -2.28. The largest absolute Gasteiger partial charge is 0.456 e. The van der Waals surface area contributed by atoms with E-state index in [1.165, 1.54) is 13.0 Å². The summed E-state index contributed by atoms with van der Waals surface area (Å²) in [4.78, 5) is 38.2. The van der Waals surface area contributed by atoms with Crippen LogP contribution < -0.4 is 5.32 Å². The third-order valence-electron chi connectivity index (χ3n) is 4.76. The van der Waals surface area contributed by atoms with Crippen LogP contribution in [0.5, 0.6) is 0 Å². The maximum atomic E-state index is 13.5. The van der Waals surface area contributed by atoms with Crippen molar-refractivity contribution in [1.29, 1.82) is 0 Å². The molecule has 2 aromatic heterocycles. The number of halogens is 1. The van der Waals surface area contributed by atoms with Crippen molar-refractivity contribution in [2.24, 2.45) is 0 Å². The smallest absolute Gasteiger partial charge is 0.255 e. The summed E-state index contributed by atoms with van der Waals surface area (Å²) in [5, 5.41) is 2.77. The number of aromatic nitrogens is 1. The zero-order valence-electron chi connectivity index (χ0n) is 15.1. The number of amides is 1. The molecule has 0 bridgehead atoms. The maximum Gasteiger partial charge on any atom is 0.255 e. The predicted molar refractivity (Wildman–Crippen MR) is 98.1 cm³/mol. The van der Waals surface area contributed by atoms with E-state index in [9.17, 15) is 18.8 Å². The molecular formula is C21H17FN2O4. The number of benzene rings is 1. The van der Waals surface area contributed by atoms with Gasteiger partial charge in [-0.3, -0.25) is 14.4 Å². The van der Waals surface area contributed by atoms with Gasteiger partial charge in [-0.2, -0.15) is 0 Å². The Bertz CT molecular complexity index is 1100. The number of rotatable bonds is 5. The summed E-state index contributed by atoms with van der Waals surface area (Å²) in [6.45, 7) is 2.67. The van der Waals surface area contributed by atoms with E-state index in [4.69, 9.17) is 4.42 Å². The average Bonchev–Trinajstić information content (AvgIpc) is 3.30. The van der Waals surface area contributed by atoms with E-state index in [1.54, 1.807) is 0 Å². The van der Waals surface area contributed by atoms with Gasteiger partial charge in [0.1, 0.15) is 11.6 Å². The molecule has 0 radical (unpaired) electrons. The van der Waals surface area contributed by atoms with Gasteiger partial charge in [-0.25, -0.2) is 4.39 Å². The van der Waals surface area contributed by atoms with Crippen LogP contribution >= 0.6 is 0 Å². The molecule has 142 valence electrons. The fraction of sp³-hybridized carbons (Fsp3) is 0.190. The first-order chi connectivity index (χ1) is 13.5. The molecule has 0 aliphatic heterocycles. The van der Waals surface area contributed by atoms with Gasteiger partial charge in [0, 0.05) is 36.6 Å². The highest BCUT2D eigenvalue weighted by molar-refractivity contribution is 6.30. The quantitative estimate of drug-likeness (QED) is 0.540. The van der Waals surface area contributed by atoms with E-state index in [-0.39, 0.29) is 33.8 Å². The molecule has 2 heterocycles. The number of aryl methyl sites for hydroxylation is 2. The van der Waals surface area contributed by atoms with Crippen molar-refractivity contribution in [3.05, 3.63) is 82.3 Å². The Morgan fingerprint density at radius 1 is 1.14 bits per heavy atom. The van der Waals surface area contributed by atoms with E-state index >= 15 is 0 Å². The monoisotopic (exact) mass is 380 g/mol. The molecular weight excluding hydrogens is 363 g/mol. The predicted octanol–water partition coefficient (Wildman–Crippen LogP) is 3.12. The van der Waals surface area contributed by atoms with Gasteiger partial charge in [0.15, 0.2) is 11.5 Å². The molecule has 1 aliphatic carbocycles. The Morgan fingerprint density at radius 3 is 2.64 bits per heavy atom. The number of nitrogens with one attached hydrogen (secondary N) is 1. The van der Waals surface area contributed by atoms with Crippen molar-refractivity contribution in [3.8, 4) is 0 Å². The van der Waals surface area contributed by atoms with E-state index in [0.29, 0.717) is 13.0 Å². The maximum absolute atomic E-state index is 13.5. The topological polar surface area (TPSA) is 81.3 Å². The van der Waals surface area contributed by atoms with Gasteiger partial charge < -0.3 is 14.3 Å². The third-order valence-corrected chi connectivity index (χ3v) is 4.76. The Hall–Kier alpha value is -3.48. The van der Waals surface area contributed by atoms with Crippen LogP contribution in [-0.4, -0.2) is 28.6 Å². The molecule has 0 spiro atoms. The average molecular weight is 380 g/mol. The van der Waals surface area contributed by atoms with Crippen molar-refractivity contribution < 1.29 is 23.2 Å². The number of fused-ring (bicyclic) bond motifs is 2. The molecule has 0 saturated carbocycles. The van der Waals surface area contributed by atoms with Gasteiger partial charge in [0.25, 0.3) is 5.91 Å². The van der Waals surface area contributed by atoms with E-state index < -0.39 is 23.3 Å². The molecule has 3 aromatic rings. The van der Waals surface area contributed by atoms with Crippen LogP contribution in [-0.2, 0) is 6.54 Å². The summed E-state index contributed by atoms with van der Waals surface area (Å²) in [5.74, 6) is -2.23. The van der Waals surface area contributed by atoms with Crippen LogP contribution in [0.3, 0.4) is 0 Å². The highest BCUT2D eigenvalue weighted by atomic mass is 19.1. The number of carbonyl (C=O) groups is 3. The molecule has 0 fully saturated rings. The van der Waals surface area contributed by atoms with Gasteiger partial charge in [-0.05, 0) is 43.7 Å². The summed E-state index contributed by atoms with van der Waals surface area (Å²) in [5.41, 5.74) is 0.0279. The zero-order valence-corrected chi connectivity index (χ0v) is 15.1. The molecule has 1 amide bonds. The summed E-state index contributed by atoms with van der Waals surface area (Å²) >= 11 is 0. The minimum atomic E-state index is -0.618. The van der Waals surface area contributed by atoms with E-state index in [0.717, 1.165) is 18.7 Å². The fourth-order valence-electron chi connectivity index (χ4n) is 3.43. The number of carbonyl (C=O) groups excluding carboxylic acids is 3. The first-order valence-corrected chi connectivity index (χ1v) is 8.88. The Morgan fingerprint density at radius 2 is 1.89 bits per heavy atom. The second-order valence-electron chi connectivity index (χ2n) is 6.62. The van der Waals surface area contributed by atoms with Crippen molar-refractivity contribution in [3.63, 3.8) is 0 Å². The second kappa shape index (κ2) is 6.92. The van der Waals surface area contributed by atoms with Crippen LogP contribution in [0.1, 0.15) is 54.6 Å². The van der Waals surface area contributed by atoms with E-state index in [1.807, 2.05) is 29.1 Å². The number of furan rings is 1. The fourth-order valence-corrected chi connectivity index (χ4v) is 3.43. The molecule has 0 atom stereocenters. The first-order valence-electron chi connectivity index (χ1n) is 8.88. The highest BCUT2D eigenvalue weighted by Crippen LogP contribution is 2.33. The molecule has 1 aromatic carbocycles. The number of hydrogen-bond acceptors (Lipinski definition) is 4. The lowest BCUT2D eigenvalue weighted by Gasteiger charge is -2.14. The van der Waals surface area contributed by atoms with Crippen LogP contribution in [0.4, 0.5) is 4.39 Å². The van der Waals surface area contributed by atoms with Crippen LogP contribution in [0, 0.1) is 12.7 Å². The van der Waals surface area contributed by atoms with Crippen molar-refractivity contribution in [2.75, 3.05) is 6.54 Å². The minimum Gasteiger partial charge on any atom is -0.456 e. The van der Waals surface area contributed by atoms with Crippen LogP contribution in [0.15, 0.2) is 47.1 Å². The molecule has 0 saturated heterocycles. The van der Waals surface area contributed by atoms with Gasteiger partial charge in [-0.1, -0.05) is 0 Å². The van der Waals surface area contributed by atoms with Crippen LogP contribution in [0.25, 0.3) is 0 Å². The zero-order chi connectivity index (χ0) is 19.8. The van der Waals surface area contributed by atoms with E-state index in [2.05, 4.69) is 5.32 Å². The van der Waals surface area contributed by atoms with Gasteiger partial charge in [0.05, 0.1) is 11.1 Å². The van der Waals surface area contributed by atoms with Crippen molar-refractivity contribution in [2.45, 2.75) is 19.9 Å². The molecule has 1 aliphatic rings. The summed E-state index contributed by atoms with van der Waals surface area (Å²) in [7, 11) is 0. The van der Waals surface area contributed by atoms with Crippen molar-refractivity contribution in [1.82, 2.24) is 9.88 Å². The SMILES string of the molecule is Cc1oc2c(c1C(=O)NCCCn1cccc1)C(=O)c1ccc(F)cc1C2=O. The highest BCUT2D eigenvalue weighted by Gasteiger charge is 2.38. The standard InChI is InChI=1S/C21H17FN2O4/c1-12-16(21(27)23-7-4-10-24-8-2-3-9-24)17-18(25)14-6-5-13(22)11-15(14)19(26)20(17)28-12/h2-3,5-6,8-9,11H,4,7,10H2,1H3,(H,23,27). The second-order valence-corrected chi connectivity index (χ2v) is 6.62. The molecule has 4 rings (SSSR count). The number of hydrogen-bond donors (Lipinski definition) is 1. The number of ketones is 2. The lowest BCUT2D eigenvalue weighted by atomic mass is 9.86. The summed E-state index contributed by atoms with van der Waals surface area (Å²) in [6, 6.07) is 7.23. The molecule has 6 nitrogen and oxygen atoms in total. The lowest BCUT2D eigenvalue weighted by molar-refractivity contribution is 0.0937. The third kappa shape index (κ3) is 2.94. The van der Waals surface area contributed by atoms with Gasteiger partial charge >= 0.3 is 0 Å².